The molecule has 1 amide bonds. The number of aryl methyl sites for hydroxylation is 2. The van der Waals surface area contributed by atoms with Crippen LogP contribution in [0, 0.1) is 13.8 Å². The van der Waals surface area contributed by atoms with Crippen LogP contribution >= 0.6 is 11.3 Å². The van der Waals surface area contributed by atoms with Crippen molar-refractivity contribution < 1.29 is 4.79 Å². The molecule has 4 heteroatoms. The highest BCUT2D eigenvalue weighted by Gasteiger charge is 2.34. The first kappa shape index (κ1) is 12.3. The van der Waals surface area contributed by atoms with E-state index in [1.54, 1.807) is 11.3 Å². The van der Waals surface area contributed by atoms with Gasteiger partial charge in [-0.3, -0.25) is 9.78 Å². The lowest BCUT2D eigenvalue weighted by Gasteiger charge is -2.10. The lowest BCUT2D eigenvalue weighted by atomic mass is 10.0. The standard InChI is InChI=1S/C16H18N2OS/c1-7-11-12(16(17)19)8(2)20-15(11)14(10-5-6-10)18-13(7)9-3-4-9/h9-10H,3-6H2,1-2H3,(H2,17,19). The molecule has 0 atom stereocenters. The molecule has 0 radical (unpaired) electrons. The number of aromatic nitrogens is 1. The average Bonchev–Trinajstić information content (AvgIpc) is 3.25. The van der Waals surface area contributed by atoms with Gasteiger partial charge in [-0.25, -0.2) is 0 Å². The van der Waals surface area contributed by atoms with E-state index in [0.717, 1.165) is 15.8 Å². The summed E-state index contributed by atoms with van der Waals surface area (Å²) in [7, 11) is 0. The Morgan fingerprint density at radius 1 is 1.15 bits per heavy atom. The topological polar surface area (TPSA) is 56.0 Å². The minimum absolute atomic E-state index is 0.299. The van der Waals surface area contributed by atoms with Gasteiger partial charge in [-0.05, 0) is 45.1 Å². The number of carbonyl (C=O) groups is 1. The number of amides is 1. The molecule has 2 fully saturated rings. The maximum absolute atomic E-state index is 11.9. The van der Waals surface area contributed by atoms with Crippen LogP contribution in [0.5, 0.6) is 0 Å². The summed E-state index contributed by atoms with van der Waals surface area (Å²) in [6, 6.07) is 0. The maximum Gasteiger partial charge on any atom is 0.250 e. The van der Waals surface area contributed by atoms with Crippen LogP contribution in [0.15, 0.2) is 0 Å². The second kappa shape index (κ2) is 4.04. The van der Waals surface area contributed by atoms with E-state index >= 15 is 0 Å². The van der Waals surface area contributed by atoms with Gasteiger partial charge in [-0.2, -0.15) is 0 Å². The molecule has 2 N–H and O–H groups in total. The fourth-order valence-electron chi connectivity index (χ4n) is 3.16. The number of hydrogen-bond acceptors (Lipinski definition) is 3. The Kier molecular flexibility index (Phi) is 2.49. The zero-order chi connectivity index (χ0) is 14.0. The van der Waals surface area contributed by atoms with Gasteiger partial charge in [0.1, 0.15) is 0 Å². The van der Waals surface area contributed by atoms with Crippen molar-refractivity contribution in [3.05, 3.63) is 27.4 Å². The fourth-order valence-corrected chi connectivity index (χ4v) is 4.44. The Hall–Kier alpha value is -1.42. The summed E-state index contributed by atoms with van der Waals surface area (Å²) in [6.45, 7) is 4.11. The van der Waals surface area contributed by atoms with E-state index in [4.69, 9.17) is 10.7 Å². The normalized spacial score (nSPS) is 18.7. The number of primary amides is 1. The molecule has 2 heterocycles. The van der Waals surface area contributed by atoms with E-state index in [9.17, 15) is 4.79 Å². The highest BCUT2D eigenvalue weighted by molar-refractivity contribution is 7.19. The summed E-state index contributed by atoms with van der Waals surface area (Å²) in [5.74, 6) is 0.916. The lowest BCUT2D eigenvalue weighted by Crippen LogP contribution is -2.12. The Labute approximate surface area is 122 Å². The second-order valence-corrected chi connectivity index (χ2v) is 7.38. The van der Waals surface area contributed by atoms with Crippen molar-refractivity contribution in [1.82, 2.24) is 4.98 Å². The van der Waals surface area contributed by atoms with Gasteiger partial charge < -0.3 is 5.73 Å². The van der Waals surface area contributed by atoms with E-state index in [0.29, 0.717) is 11.8 Å². The third-order valence-corrected chi connectivity index (χ3v) is 5.62. The molecule has 0 aliphatic heterocycles. The first-order valence-corrected chi connectivity index (χ1v) is 8.13. The van der Waals surface area contributed by atoms with E-state index in [2.05, 4.69) is 6.92 Å². The van der Waals surface area contributed by atoms with Crippen LogP contribution in [0.2, 0.25) is 0 Å². The Morgan fingerprint density at radius 2 is 1.75 bits per heavy atom. The molecule has 0 unspecified atom stereocenters. The molecule has 0 spiro atoms. The average molecular weight is 286 g/mol. The van der Waals surface area contributed by atoms with Crippen molar-refractivity contribution in [2.45, 2.75) is 51.4 Å². The molecular formula is C16H18N2OS. The first-order valence-electron chi connectivity index (χ1n) is 7.31. The summed E-state index contributed by atoms with van der Waals surface area (Å²) >= 11 is 1.69. The number of fused-ring (bicyclic) bond motifs is 1. The number of nitrogens with two attached hydrogens (primary N) is 1. The van der Waals surface area contributed by atoms with Crippen LogP contribution in [0.4, 0.5) is 0 Å². The monoisotopic (exact) mass is 286 g/mol. The largest absolute Gasteiger partial charge is 0.366 e. The van der Waals surface area contributed by atoms with Gasteiger partial charge in [-0.15, -0.1) is 11.3 Å². The highest BCUT2D eigenvalue weighted by atomic mass is 32.1. The van der Waals surface area contributed by atoms with E-state index in [1.807, 2.05) is 6.92 Å². The molecule has 0 saturated heterocycles. The molecule has 0 aromatic carbocycles. The molecule has 20 heavy (non-hydrogen) atoms. The third-order valence-electron chi connectivity index (χ3n) is 4.49. The van der Waals surface area contributed by atoms with Crippen molar-refractivity contribution in [3.63, 3.8) is 0 Å². The predicted molar refractivity (Wildman–Crippen MR) is 81.6 cm³/mol. The van der Waals surface area contributed by atoms with Crippen LogP contribution in [-0.2, 0) is 0 Å². The molecule has 2 aromatic rings. The molecule has 2 aromatic heterocycles. The Balaban J connectivity index is 2.09. The van der Waals surface area contributed by atoms with Crippen molar-refractivity contribution >= 4 is 27.3 Å². The summed E-state index contributed by atoms with van der Waals surface area (Å²) in [5, 5.41) is 1.10. The van der Waals surface area contributed by atoms with Gasteiger partial charge >= 0.3 is 0 Å². The van der Waals surface area contributed by atoms with Crippen molar-refractivity contribution in [1.29, 1.82) is 0 Å². The quantitative estimate of drug-likeness (QED) is 0.933. The van der Waals surface area contributed by atoms with E-state index < -0.39 is 0 Å². The number of thiophene rings is 1. The van der Waals surface area contributed by atoms with Gasteiger partial charge in [0.15, 0.2) is 0 Å². The van der Waals surface area contributed by atoms with Crippen LogP contribution in [-0.4, -0.2) is 10.9 Å². The molecule has 104 valence electrons. The summed E-state index contributed by atoms with van der Waals surface area (Å²) in [6.07, 6.45) is 4.94. The van der Waals surface area contributed by atoms with E-state index in [-0.39, 0.29) is 5.91 Å². The molecule has 2 aliphatic rings. The van der Waals surface area contributed by atoms with Crippen LogP contribution < -0.4 is 5.73 Å². The van der Waals surface area contributed by atoms with Gasteiger partial charge in [0.05, 0.1) is 16.0 Å². The third kappa shape index (κ3) is 1.71. The van der Waals surface area contributed by atoms with Gasteiger partial charge in [0.25, 0.3) is 0 Å². The fraction of sp³-hybridized carbons (Fsp3) is 0.500. The van der Waals surface area contributed by atoms with Gasteiger partial charge in [0.2, 0.25) is 5.91 Å². The Morgan fingerprint density at radius 3 is 2.30 bits per heavy atom. The number of pyridine rings is 1. The number of nitrogens with zero attached hydrogens (tertiary/aromatic N) is 1. The summed E-state index contributed by atoms with van der Waals surface area (Å²) in [4.78, 5) is 17.9. The highest BCUT2D eigenvalue weighted by Crippen LogP contribution is 2.49. The van der Waals surface area contributed by atoms with Crippen molar-refractivity contribution in [2.75, 3.05) is 0 Å². The van der Waals surface area contributed by atoms with Crippen molar-refractivity contribution in [2.24, 2.45) is 5.73 Å². The maximum atomic E-state index is 11.9. The minimum atomic E-state index is -0.299. The SMILES string of the molecule is Cc1sc2c(C3CC3)nc(C3CC3)c(C)c2c1C(N)=O. The first-order chi connectivity index (χ1) is 9.58. The molecule has 3 nitrogen and oxygen atoms in total. The Bertz CT molecular complexity index is 739. The lowest BCUT2D eigenvalue weighted by molar-refractivity contribution is 0.100. The molecular weight excluding hydrogens is 268 g/mol. The van der Waals surface area contributed by atoms with Crippen LogP contribution in [0.25, 0.3) is 10.1 Å². The minimum Gasteiger partial charge on any atom is -0.366 e. The zero-order valence-corrected chi connectivity index (χ0v) is 12.6. The van der Waals surface area contributed by atoms with Crippen LogP contribution in [0.3, 0.4) is 0 Å². The molecule has 2 saturated carbocycles. The molecule has 2 aliphatic carbocycles. The second-order valence-electron chi connectivity index (χ2n) is 6.16. The van der Waals surface area contributed by atoms with E-state index in [1.165, 1.54) is 47.3 Å². The molecule has 4 rings (SSSR count). The summed E-state index contributed by atoms with van der Waals surface area (Å²) < 4.78 is 1.21. The van der Waals surface area contributed by atoms with Crippen LogP contribution in [0.1, 0.15) is 69.7 Å². The smallest absolute Gasteiger partial charge is 0.250 e. The van der Waals surface area contributed by atoms with Gasteiger partial charge in [0, 0.05) is 27.8 Å². The summed E-state index contributed by atoms with van der Waals surface area (Å²) in [5.41, 5.74) is 9.99. The zero-order valence-electron chi connectivity index (χ0n) is 11.8. The molecule has 0 bridgehead atoms. The van der Waals surface area contributed by atoms with Crippen molar-refractivity contribution in [3.8, 4) is 0 Å². The number of rotatable bonds is 3. The number of hydrogen-bond donors (Lipinski definition) is 1. The number of carbonyl (C=O) groups excluding carboxylic acids is 1. The predicted octanol–water partition coefficient (Wildman–Crippen LogP) is 3.77. The van der Waals surface area contributed by atoms with Gasteiger partial charge in [-0.1, -0.05) is 0 Å².